The number of rotatable bonds is 0. The number of nitrogens with one attached hydrogen (secondary N) is 1. The molecule has 2 heterocycles. The number of aryl methyl sites for hydroxylation is 1. The Morgan fingerprint density at radius 3 is 2.38 bits per heavy atom. The van der Waals surface area contributed by atoms with Gasteiger partial charge in [0.05, 0.1) is 0 Å². The van der Waals surface area contributed by atoms with Crippen LogP contribution in [0.4, 0.5) is 0 Å². The van der Waals surface area contributed by atoms with Crippen molar-refractivity contribution in [2.45, 2.75) is 0 Å². The van der Waals surface area contributed by atoms with Gasteiger partial charge in [-0.1, -0.05) is 0 Å². The summed E-state index contributed by atoms with van der Waals surface area (Å²) in [6, 6.07) is 0. The van der Waals surface area contributed by atoms with Crippen LogP contribution in [0.3, 0.4) is 0 Å². The first-order chi connectivity index (χ1) is 7.02. The Morgan fingerprint density at radius 2 is 1.75 bits per heavy atom. The van der Waals surface area contributed by atoms with E-state index in [2.05, 4.69) is 10.1 Å². The molecule has 0 spiro atoms. The highest BCUT2D eigenvalue weighted by atomic mass is 16.2. The third kappa shape index (κ3) is 1.42. The highest BCUT2D eigenvalue weighted by Crippen LogP contribution is 1.93. The van der Waals surface area contributed by atoms with Crippen molar-refractivity contribution in [2.24, 2.45) is 14.1 Å². The number of aromatic nitrogens is 5. The summed E-state index contributed by atoms with van der Waals surface area (Å²) in [6.45, 7) is 0. The molecule has 2 aromatic rings. The lowest BCUT2D eigenvalue weighted by molar-refractivity contribution is 0.697. The fraction of sp³-hybridized carbons (Fsp3) is 0.286. The van der Waals surface area contributed by atoms with Gasteiger partial charge < -0.3 is 5.48 Å². The van der Waals surface area contributed by atoms with Crippen LogP contribution >= 0.6 is 0 Å². The molecule has 2 rings (SSSR count). The van der Waals surface area contributed by atoms with Crippen LogP contribution in [0.15, 0.2) is 14.4 Å². The first-order valence-corrected chi connectivity index (χ1v) is 4.05. The third-order valence-electron chi connectivity index (χ3n) is 2.08. The molecule has 0 unspecified atom stereocenters. The molecule has 0 aliphatic rings. The van der Waals surface area contributed by atoms with Crippen molar-refractivity contribution in [2.75, 3.05) is 0 Å². The molecule has 0 aliphatic heterocycles. The molecule has 0 fully saturated rings. The molecule has 9 heteroatoms. The summed E-state index contributed by atoms with van der Waals surface area (Å²) in [6.07, 6.45) is 0. The first-order valence-electron chi connectivity index (χ1n) is 4.05. The van der Waals surface area contributed by atoms with Gasteiger partial charge in [-0.3, -0.25) is 13.9 Å². The topological polar surface area (TPSA) is 134 Å². The molecular formula is C7H9N5O4. The van der Waals surface area contributed by atoms with Crippen LogP contribution in [0.25, 0.3) is 11.2 Å². The second-order valence-electron chi connectivity index (χ2n) is 3.02. The van der Waals surface area contributed by atoms with Crippen molar-refractivity contribution in [1.82, 2.24) is 24.3 Å². The van der Waals surface area contributed by atoms with E-state index in [1.807, 2.05) is 5.10 Å². The largest absolute Gasteiger partial charge is 0.412 e. The number of nitrogens with zero attached hydrogens (tertiary/aromatic N) is 4. The van der Waals surface area contributed by atoms with Crippen molar-refractivity contribution in [3.05, 3.63) is 31.3 Å². The van der Waals surface area contributed by atoms with Crippen molar-refractivity contribution < 1.29 is 5.48 Å². The van der Waals surface area contributed by atoms with Gasteiger partial charge in [0.25, 0.3) is 5.56 Å². The quantitative estimate of drug-likeness (QED) is 0.508. The van der Waals surface area contributed by atoms with Crippen molar-refractivity contribution in [3.63, 3.8) is 0 Å². The van der Waals surface area contributed by atoms with Gasteiger partial charge in [0.1, 0.15) is 0 Å². The maximum atomic E-state index is 11.5. The van der Waals surface area contributed by atoms with Crippen LogP contribution in [0.1, 0.15) is 0 Å². The summed E-state index contributed by atoms with van der Waals surface area (Å²) >= 11 is 0. The van der Waals surface area contributed by atoms with E-state index < -0.39 is 16.9 Å². The zero-order chi connectivity index (χ0) is 11.2. The molecule has 86 valence electrons. The van der Waals surface area contributed by atoms with Crippen LogP contribution in [0.2, 0.25) is 0 Å². The monoisotopic (exact) mass is 227 g/mol. The maximum Gasteiger partial charge on any atom is 0.363 e. The molecule has 0 radical (unpaired) electrons. The zero-order valence-electron chi connectivity index (χ0n) is 8.51. The first kappa shape index (κ1) is 11.8. The van der Waals surface area contributed by atoms with Gasteiger partial charge >= 0.3 is 11.4 Å². The highest BCUT2D eigenvalue weighted by molar-refractivity contribution is 5.67. The second-order valence-corrected chi connectivity index (χ2v) is 3.02. The molecule has 0 atom stereocenters. The summed E-state index contributed by atoms with van der Waals surface area (Å²) in [5, 5.41) is 5.59. The van der Waals surface area contributed by atoms with Crippen molar-refractivity contribution in [3.8, 4) is 0 Å². The van der Waals surface area contributed by atoms with E-state index in [1.54, 1.807) is 0 Å². The lowest BCUT2D eigenvalue weighted by atomic mass is 10.5. The van der Waals surface area contributed by atoms with Gasteiger partial charge in [0, 0.05) is 14.1 Å². The number of hydrogen-bond donors (Lipinski definition) is 1. The van der Waals surface area contributed by atoms with Gasteiger partial charge in [-0.2, -0.15) is 10.1 Å². The number of hydrogen-bond acceptors (Lipinski definition) is 5. The molecule has 3 N–H and O–H groups in total. The van der Waals surface area contributed by atoms with Crippen LogP contribution in [0.5, 0.6) is 0 Å². The van der Waals surface area contributed by atoms with Gasteiger partial charge in [-0.05, 0) is 0 Å². The minimum Gasteiger partial charge on any atom is -0.412 e. The Morgan fingerprint density at radius 1 is 1.12 bits per heavy atom. The van der Waals surface area contributed by atoms with Gasteiger partial charge in [0.15, 0.2) is 11.2 Å². The fourth-order valence-electron chi connectivity index (χ4n) is 1.27. The second kappa shape index (κ2) is 3.70. The molecular weight excluding hydrogens is 218 g/mol. The van der Waals surface area contributed by atoms with E-state index in [4.69, 9.17) is 0 Å². The Kier molecular flexibility index (Phi) is 2.72. The van der Waals surface area contributed by atoms with Crippen LogP contribution in [0, 0.1) is 0 Å². The summed E-state index contributed by atoms with van der Waals surface area (Å²) in [7, 11) is 2.75. The van der Waals surface area contributed by atoms with E-state index in [0.29, 0.717) is 0 Å². The molecule has 0 aliphatic carbocycles. The molecule has 0 aromatic carbocycles. The molecule has 0 saturated carbocycles. The maximum absolute atomic E-state index is 11.5. The standard InChI is InChI=1S/C7H7N5O3.H2O/c1-11-4-3(9-10-6(14)8-4)5(13)12(2)7(11)15;/h1-2H3,(H,8,10,14);1H2. The van der Waals surface area contributed by atoms with Crippen molar-refractivity contribution >= 4 is 11.2 Å². The average molecular weight is 227 g/mol. The highest BCUT2D eigenvalue weighted by Gasteiger charge is 2.10. The minimum atomic E-state index is -0.703. The Hall–Kier alpha value is -2.29. The molecule has 2 aromatic heterocycles. The van der Waals surface area contributed by atoms with Crippen molar-refractivity contribution in [1.29, 1.82) is 0 Å². The summed E-state index contributed by atoms with van der Waals surface area (Å²) < 4.78 is 1.99. The van der Waals surface area contributed by atoms with Gasteiger partial charge in [-0.25, -0.2) is 14.7 Å². The molecule has 0 saturated heterocycles. The normalized spacial score (nSPS) is 10.1. The Bertz CT molecular complexity index is 709. The SMILES string of the molecule is Cn1c(=O)c2n[nH]c(=O)nc2n(C)c1=O.O. The average Bonchev–Trinajstić information content (AvgIpc) is 2.23. The molecule has 9 nitrogen and oxygen atoms in total. The van der Waals surface area contributed by atoms with Gasteiger partial charge in [-0.15, -0.1) is 0 Å². The van der Waals surface area contributed by atoms with Crippen LogP contribution in [-0.2, 0) is 14.1 Å². The van der Waals surface area contributed by atoms with Crippen LogP contribution in [-0.4, -0.2) is 29.8 Å². The predicted molar refractivity (Wildman–Crippen MR) is 54.3 cm³/mol. The van der Waals surface area contributed by atoms with Crippen LogP contribution < -0.4 is 16.9 Å². The van der Waals surface area contributed by atoms with E-state index in [0.717, 1.165) is 9.13 Å². The van der Waals surface area contributed by atoms with E-state index in [9.17, 15) is 14.4 Å². The molecule has 16 heavy (non-hydrogen) atoms. The summed E-state index contributed by atoms with van der Waals surface area (Å²) in [4.78, 5) is 37.4. The Balaban J connectivity index is 0.00000128. The number of aromatic amines is 1. The molecule has 0 amide bonds. The molecule has 0 bridgehead atoms. The van der Waals surface area contributed by atoms with E-state index >= 15 is 0 Å². The lowest BCUT2D eigenvalue weighted by Crippen LogP contribution is -2.38. The third-order valence-corrected chi connectivity index (χ3v) is 2.08. The number of fused-ring (bicyclic) bond motifs is 1. The zero-order valence-corrected chi connectivity index (χ0v) is 8.51. The fourth-order valence-corrected chi connectivity index (χ4v) is 1.27. The van der Waals surface area contributed by atoms with E-state index in [-0.39, 0.29) is 16.6 Å². The minimum absolute atomic E-state index is 0. The smallest absolute Gasteiger partial charge is 0.363 e. The van der Waals surface area contributed by atoms with Gasteiger partial charge in [0.2, 0.25) is 0 Å². The summed E-state index contributed by atoms with van der Waals surface area (Å²) in [5.74, 6) is 0. The predicted octanol–water partition coefficient (Wildman–Crippen LogP) is -3.11. The summed E-state index contributed by atoms with van der Waals surface area (Å²) in [5.41, 5.74) is -1.90. The van der Waals surface area contributed by atoms with E-state index in [1.165, 1.54) is 14.1 Å². The lowest BCUT2D eigenvalue weighted by Gasteiger charge is -2.03. The Labute approximate surface area is 87.3 Å². The number of H-pyrrole nitrogens is 1.